The minimum Gasteiger partial charge on any atom is -0.306 e. The van der Waals surface area contributed by atoms with Crippen LogP contribution in [0.5, 0.6) is 0 Å². The van der Waals surface area contributed by atoms with E-state index in [2.05, 4.69) is 71.7 Å². The summed E-state index contributed by atoms with van der Waals surface area (Å²) in [6.45, 7) is 15.8. The fourth-order valence-corrected chi connectivity index (χ4v) is 6.31. The molecule has 0 saturated carbocycles. The van der Waals surface area contributed by atoms with E-state index in [1.165, 1.54) is 194 Å². The van der Waals surface area contributed by atoms with Gasteiger partial charge in [-0.3, -0.25) is 0 Å². The minimum absolute atomic E-state index is 0. The Morgan fingerprint density at radius 1 is 0.186 bits per heavy atom. The zero-order chi connectivity index (χ0) is 30.7. The molecule has 0 amide bonds. The summed E-state index contributed by atoms with van der Waals surface area (Å²) < 4.78 is 0. The van der Waals surface area contributed by atoms with E-state index >= 15 is 0 Å². The molecule has 0 spiro atoms. The van der Waals surface area contributed by atoms with Gasteiger partial charge in [0.1, 0.15) is 0 Å². The van der Waals surface area contributed by atoms with Crippen molar-refractivity contribution in [2.45, 2.75) is 123 Å². The number of piperidine rings is 4. The van der Waals surface area contributed by atoms with Crippen LogP contribution in [0.3, 0.4) is 0 Å². The van der Waals surface area contributed by atoms with Gasteiger partial charge in [0.25, 0.3) is 0 Å². The second-order valence-corrected chi connectivity index (χ2v) is 14.2. The SMILES string of the molecule is C.CN1CCCC1.CN1CCCCC1.CN1CCCCC1.CN1CCCCC1.CN1CCCCC1.CN1CCCCCC1. The van der Waals surface area contributed by atoms with Crippen LogP contribution in [0.25, 0.3) is 0 Å². The number of rotatable bonds is 0. The first-order valence-corrected chi connectivity index (χ1v) is 18.5. The van der Waals surface area contributed by atoms with Crippen LogP contribution >= 0.6 is 0 Å². The molecule has 0 bridgehead atoms. The van der Waals surface area contributed by atoms with E-state index in [4.69, 9.17) is 0 Å². The highest BCUT2D eigenvalue weighted by Crippen LogP contribution is 2.08. The van der Waals surface area contributed by atoms with E-state index in [1.54, 1.807) is 0 Å². The first-order valence-electron chi connectivity index (χ1n) is 18.5. The molecule has 0 aromatic heterocycles. The van der Waals surface area contributed by atoms with Crippen LogP contribution in [-0.2, 0) is 0 Å². The van der Waals surface area contributed by atoms with Crippen molar-refractivity contribution in [1.29, 1.82) is 0 Å². The third kappa shape index (κ3) is 28.9. The van der Waals surface area contributed by atoms with Gasteiger partial charge < -0.3 is 29.4 Å². The molecule has 6 heteroatoms. The normalized spacial score (nSPS) is 24.7. The van der Waals surface area contributed by atoms with Crippen LogP contribution in [0, 0.1) is 0 Å². The Bertz CT molecular complexity index is 459. The van der Waals surface area contributed by atoms with E-state index in [9.17, 15) is 0 Å². The lowest BCUT2D eigenvalue weighted by Crippen LogP contribution is -2.24. The quantitative estimate of drug-likeness (QED) is 0.286. The van der Waals surface area contributed by atoms with Crippen LogP contribution < -0.4 is 0 Å². The molecule has 0 unspecified atom stereocenters. The molecule has 6 fully saturated rings. The molecule has 0 aromatic carbocycles. The summed E-state index contributed by atoms with van der Waals surface area (Å²) in [4.78, 5) is 14.4. The Hall–Kier alpha value is -0.240. The molecule has 6 saturated heterocycles. The smallest absolute Gasteiger partial charge is 0.00213 e. The van der Waals surface area contributed by atoms with Crippen LogP contribution in [0.1, 0.15) is 123 Å². The standard InChI is InChI=1S/C7H15N.4C6H13N.C5H11N.CH4/c1-8-6-4-2-3-5-7-8;4*1-7-5-3-2-4-6-7;1-6-4-2-3-5-6;/h2-7H2,1H3;4*2-6H2,1H3;2-5H2,1H3;1H4. The summed E-state index contributed by atoms with van der Waals surface area (Å²) in [5.41, 5.74) is 0. The summed E-state index contributed by atoms with van der Waals surface area (Å²) in [7, 11) is 13.2. The molecule has 0 aromatic rings. The van der Waals surface area contributed by atoms with Crippen molar-refractivity contribution in [3.05, 3.63) is 0 Å². The van der Waals surface area contributed by atoms with Crippen LogP contribution in [-0.4, -0.2) is 150 Å². The van der Waals surface area contributed by atoms with Crippen LogP contribution in [0.4, 0.5) is 0 Å². The highest BCUT2D eigenvalue weighted by atomic mass is 15.1. The Morgan fingerprint density at radius 3 is 0.395 bits per heavy atom. The van der Waals surface area contributed by atoms with Crippen molar-refractivity contribution in [2.24, 2.45) is 0 Å². The fourth-order valence-electron chi connectivity index (χ4n) is 6.31. The molecule has 43 heavy (non-hydrogen) atoms. The maximum Gasteiger partial charge on any atom is -0.00213 e. The molecule has 6 aliphatic rings. The lowest BCUT2D eigenvalue weighted by Gasteiger charge is -2.20. The van der Waals surface area contributed by atoms with E-state index in [-0.39, 0.29) is 7.43 Å². The van der Waals surface area contributed by atoms with Crippen molar-refractivity contribution < 1.29 is 0 Å². The maximum absolute atomic E-state index is 2.42. The lowest BCUT2D eigenvalue weighted by molar-refractivity contribution is 0.277. The third-order valence-electron chi connectivity index (χ3n) is 9.48. The Labute approximate surface area is 272 Å². The number of likely N-dealkylation sites (tertiary alicyclic amines) is 6. The molecule has 6 nitrogen and oxygen atoms in total. The molecule has 0 atom stereocenters. The zero-order valence-electron chi connectivity index (χ0n) is 29.9. The van der Waals surface area contributed by atoms with Gasteiger partial charge in [-0.15, -0.1) is 0 Å². The summed E-state index contributed by atoms with van der Waals surface area (Å²) in [6.07, 6.45) is 25.7. The van der Waals surface area contributed by atoms with Crippen molar-refractivity contribution >= 4 is 0 Å². The minimum atomic E-state index is 0. The highest BCUT2D eigenvalue weighted by Gasteiger charge is 2.05. The van der Waals surface area contributed by atoms with Crippen molar-refractivity contribution in [2.75, 3.05) is 121 Å². The molecule has 0 radical (unpaired) electrons. The molecular weight excluding hydrogens is 528 g/mol. The number of nitrogens with zero attached hydrogens (tertiary/aromatic N) is 6. The second-order valence-electron chi connectivity index (χ2n) is 14.2. The summed E-state index contributed by atoms with van der Waals surface area (Å²) in [5.74, 6) is 0. The van der Waals surface area contributed by atoms with Gasteiger partial charge in [-0.25, -0.2) is 0 Å². The van der Waals surface area contributed by atoms with Gasteiger partial charge in [0.15, 0.2) is 0 Å². The van der Waals surface area contributed by atoms with Gasteiger partial charge in [0, 0.05) is 0 Å². The summed E-state index contributed by atoms with van der Waals surface area (Å²) >= 11 is 0. The molecule has 6 heterocycles. The second kappa shape index (κ2) is 30.4. The Morgan fingerprint density at radius 2 is 0.279 bits per heavy atom. The van der Waals surface area contributed by atoms with Crippen LogP contribution in [0.2, 0.25) is 0 Å². The molecule has 6 aliphatic heterocycles. The highest BCUT2D eigenvalue weighted by molar-refractivity contribution is 4.61. The predicted molar refractivity (Wildman–Crippen MR) is 195 cm³/mol. The Balaban J connectivity index is 0.000000491. The van der Waals surface area contributed by atoms with E-state index in [0.717, 1.165) is 0 Å². The van der Waals surface area contributed by atoms with Gasteiger partial charge in [0.2, 0.25) is 0 Å². The van der Waals surface area contributed by atoms with Crippen molar-refractivity contribution in [3.8, 4) is 0 Å². The summed E-state index contributed by atoms with van der Waals surface area (Å²) in [6, 6.07) is 0. The predicted octanol–water partition coefficient (Wildman–Crippen LogP) is 7.25. The van der Waals surface area contributed by atoms with Gasteiger partial charge >= 0.3 is 0 Å². The molecule has 0 aliphatic carbocycles. The average molecular weight is 611 g/mol. The molecule has 0 N–H and O–H groups in total. The Kier molecular flexibility index (Phi) is 30.2. The van der Waals surface area contributed by atoms with Crippen LogP contribution in [0.15, 0.2) is 0 Å². The number of hydrogen-bond acceptors (Lipinski definition) is 6. The third-order valence-corrected chi connectivity index (χ3v) is 9.48. The fraction of sp³-hybridized carbons (Fsp3) is 1.00. The largest absolute Gasteiger partial charge is 0.306 e. The average Bonchev–Trinajstić information content (AvgIpc) is 3.36. The monoisotopic (exact) mass is 611 g/mol. The van der Waals surface area contributed by atoms with E-state index in [1.807, 2.05) is 0 Å². The topological polar surface area (TPSA) is 19.4 Å². The van der Waals surface area contributed by atoms with E-state index in [0.29, 0.717) is 0 Å². The summed E-state index contributed by atoms with van der Waals surface area (Å²) in [5, 5.41) is 0. The van der Waals surface area contributed by atoms with Gasteiger partial charge in [-0.1, -0.05) is 46.0 Å². The molecule has 260 valence electrons. The van der Waals surface area contributed by atoms with Crippen molar-refractivity contribution in [3.63, 3.8) is 0 Å². The molecular formula is C37H82N6. The number of hydrogen-bond donors (Lipinski definition) is 0. The van der Waals surface area contributed by atoms with E-state index < -0.39 is 0 Å². The lowest BCUT2D eigenvalue weighted by atomic mass is 10.1. The zero-order valence-corrected chi connectivity index (χ0v) is 29.9. The van der Waals surface area contributed by atoms with Crippen molar-refractivity contribution in [1.82, 2.24) is 29.4 Å². The van der Waals surface area contributed by atoms with Gasteiger partial charge in [0.05, 0.1) is 0 Å². The van der Waals surface area contributed by atoms with Gasteiger partial charge in [-0.2, -0.15) is 0 Å². The first kappa shape index (κ1) is 42.8. The molecule has 6 rings (SSSR count). The van der Waals surface area contributed by atoms with Gasteiger partial charge in [-0.05, 0) is 198 Å². The maximum atomic E-state index is 2.42. The first-order chi connectivity index (χ1) is 20.4.